The van der Waals surface area contributed by atoms with Crippen LogP contribution in [0.3, 0.4) is 0 Å². The van der Waals surface area contributed by atoms with Crippen LogP contribution >= 0.6 is 0 Å². The van der Waals surface area contributed by atoms with E-state index in [0.717, 1.165) is 13.0 Å². The third-order valence-electron chi connectivity index (χ3n) is 2.87. The number of likely N-dealkylation sites (N-methyl/N-ethyl adjacent to an activating group) is 2. The SMILES string of the molecule is CC1CC(N(C)CC(=O)O)CN1C. The van der Waals surface area contributed by atoms with Gasteiger partial charge >= 0.3 is 5.97 Å². The summed E-state index contributed by atoms with van der Waals surface area (Å²) in [7, 11) is 3.96. The molecule has 0 bridgehead atoms. The van der Waals surface area contributed by atoms with Crippen molar-refractivity contribution >= 4 is 5.97 Å². The molecule has 1 fully saturated rings. The molecule has 2 atom stereocenters. The molecular weight excluding hydrogens is 168 g/mol. The number of likely N-dealkylation sites (tertiary alicyclic amines) is 1. The first-order valence-corrected chi connectivity index (χ1v) is 4.63. The van der Waals surface area contributed by atoms with Crippen LogP contribution < -0.4 is 0 Å². The minimum atomic E-state index is -0.746. The molecule has 1 heterocycles. The van der Waals surface area contributed by atoms with Crippen LogP contribution in [0.25, 0.3) is 0 Å². The Bertz CT molecular complexity index is 186. The molecule has 0 aromatic rings. The van der Waals surface area contributed by atoms with E-state index in [2.05, 4.69) is 18.9 Å². The molecule has 76 valence electrons. The predicted molar refractivity (Wildman–Crippen MR) is 50.8 cm³/mol. The Balaban J connectivity index is 2.41. The standard InChI is InChI=1S/C9H18N2O2/c1-7-4-8(5-10(7)2)11(3)6-9(12)13/h7-8H,4-6H2,1-3H3,(H,12,13). The van der Waals surface area contributed by atoms with Gasteiger partial charge in [0.05, 0.1) is 6.54 Å². The number of aliphatic carboxylic acids is 1. The third kappa shape index (κ3) is 2.67. The number of hydrogen-bond acceptors (Lipinski definition) is 3. The summed E-state index contributed by atoms with van der Waals surface area (Å²) in [6.07, 6.45) is 1.07. The maximum absolute atomic E-state index is 10.5. The molecule has 4 nitrogen and oxygen atoms in total. The zero-order valence-electron chi connectivity index (χ0n) is 8.53. The summed E-state index contributed by atoms with van der Waals surface area (Å²) >= 11 is 0. The van der Waals surface area contributed by atoms with Crippen molar-refractivity contribution in [3.8, 4) is 0 Å². The summed E-state index contributed by atoms with van der Waals surface area (Å²) in [5.41, 5.74) is 0. The lowest BCUT2D eigenvalue weighted by Gasteiger charge is -2.21. The quantitative estimate of drug-likeness (QED) is 0.678. The molecule has 0 radical (unpaired) electrons. The monoisotopic (exact) mass is 186 g/mol. The average molecular weight is 186 g/mol. The fraction of sp³-hybridized carbons (Fsp3) is 0.889. The summed E-state index contributed by atoms with van der Waals surface area (Å²) in [4.78, 5) is 14.7. The van der Waals surface area contributed by atoms with E-state index in [4.69, 9.17) is 5.11 Å². The normalized spacial score (nSPS) is 29.8. The molecule has 0 saturated carbocycles. The summed E-state index contributed by atoms with van der Waals surface area (Å²) in [6.45, 7) is 3.30. The lowest BCUT2D eigenvalue weighted by atomic mass is 10.2. The van der Waals surface area contributed by atoms with Gasteiger partial charge in [0.1, 0.15) is 0 Å². The Hall–Kier alpha value is -0.610. The minimum absolute atomic E-state index is 0.144. The predicted octanol–water partition coefficient (Wildman–Crippen LogP) is 0.0954. The van der Waals surface area contributed by atoms with Crippen LogP contribution in [0.1, 0.15) is 13.3 Å². The van der Waals surface area contributed by atoms with Crippen LogP contribution in [0.4, 0.5) is 0 Å². The smallest absolute Gasteiger partial charge is 0.317 e. The fourth-order valence-corrected chi connectivity index (χ4v) is 1.82. The lowest BCUT2D eigenvalue weighted by molar-refractivity contribution is -0.138. The maximum Gasteiger partial charge on any atom is 0.317 e. The van der Waals surface area contributed by atoms with E-state index in [9.17, 15) is 4.79 Å². The molecule has 0 aliphatic carbocycles. The van der Waals surface area contributed by atoms with E-state index in [1.807, 2.05) is 11.9 Å². The highest BCUT2D eigenvalue weighted by Gasteiger charge is 2.29. The van der Waals surface area contributed by atoms with E-state index >= 15 is 0 Å². The van der Waals surface area contributed by atoms with Crippen LogP contribution in [0, 0.1) is 0 Å². The van der Waals surface area contributed by atoms with Crippen molar-refractivity contribution in [2.24, 2.45) is 0 Å². The van der Waals surface area contributed by atoms with Crippen molar-refractivity contribution in [2.45, 2.75) is 25.4 Å². The molecule has 1 aliphatic heterocycles. The molecule has 0 spiro atoms. The Morgan fingerprint density at radius 1 is 1.69 bits per heavy atom. The second-order valence-corrected chi connectivity index (χ2v) is 3.99. The molecule has 0 amide bonds. The number of rotatable bonds is 3. The van der Waals surface area contributed by atoms with E-state index in [1.165, 1.54) is 0 Å². The Morgan fingerprint density at radius 3 is 2.69 bits per heavy atom. The number of carboxylic acids is 1. The van der Waals surface area contributed by atoms with Gasteiger partial charge in [0.15, 0.2) is 0 Å². The molecule has 1 N–H and O–H groups in total. The van der Waals surface area contributed by atoms with E-state index in [1.54, 1.807) is 0 Å². The molecule has 2 unspecified atom stereocenters. The molecule has 1 aliphatic rings. The number of hydrogen-bond donors (Lipinski definition) is 1. The van der Waals surface area contributed by atoms with E-state index < -0.39 is 5.97 Å². The van der Waals surface area contributed by atoms with Crippen LogP contribution in [0.15, 0.2) is 0 Å². The largest absolute Gasteiger partial charge is 0.480 e. The van der Waals surface area contributed by atoms with Gasteiger partial charge in [-0.15, -0.1) is 0 Å². The Labute approximate surface area is 79.1 Å². The number of carboxylic acid groups (broad SMARTS) is 1. The molecule has 13 heavy (non-hydrogen) atoms. The molecule has 1 saturated heterocycles. The van der Waals surface area contributed by atoms with Gasteiger partial charge in [0, 0.05) is 18.6 Å². The molecule has 4 heteroatoms. The molecule has 0 aromatic heterocycles. The minimum Gasteiger partial charge on any atom is -0.480 e. The van der Waals surface area contributed by atoms with Crippen molar-refractivity contribution in [1.82, 2.24) is 9.80 Å². The zero-order valence-corrected chi connectivity index (χ0v) is 8.53. The molecule has 0 aromatic carbocycles. The molecule has 1 rings (SSSR count). The summed E-state index contributed by atoms with van der Waals surface area (Å²) < 4.78 is 0. The highest BCUT2D eigenvalue weighted by molar-refractivity contribution is 5.69. The van der Waals surface area contributed by atoms with Gasteiger partial charge in [-0.2, -0.15) is 0 Å². The van der Waals surface area contributed by atoms with Crippen LogP contribution in [0.5, 0.6) is 0 Å². The highest BCUT2D eigenvalue weighted by atomic mass is 16.4. The van der Waals surface area contributed by atoms with Crippen molar-refractivity contribution < 1.29 is 9.90 Å². The zero-order chi connectivity index (χ0) is 10.0. The van der Waals surface area contributed by atoms with Gasteiger partial charge in [-0.3, -0.25) is 9.69 Å². The second kappa shape index (κ2) is 4.07. The summed E-state index contributed by atoms with van der Waals surface area (Å²) in [6, 6.07) is 0.970. The Morgan fingerprint density at radius 2 is 2.31 bits per heavy atom. The van der Waals surface area contributed by atoms with Gasteiger partial charge in [-0.1, -0.05) is 0 Å². The van der Waals surface area contributed by atoms with Crippen molar-refractivity contribution in [3.05, 3.63) is 0 Å². The first-order valence-electron chi connectivity index (χ1n) is 4.63. The first-order chi connectivity index (χ1) is 6.00. The number of nitrogens with zero attached hydrogens (tertiary/aromatic N) is 2. The van der Waals surface area contributed by atoms with E-state index in [-0.39, 0.29) is 6.54 Å². The number of carbonyl (C=O) groups is 1. The second-order valence-electron chi connectivity index (χ2n) is 3.99. The topological polar surface area (TPSA) is 43.8 Å². The van der Waals surface area contributed by atoms with Gasteiger partial charge < -0.3 is 10.0 Å². The summed E-state index contributed by atoms with van der Waals surface area (Å²) in [5.74, 6) is -0.746. The molecular formula is C9H18N2O2. The van der Waals surface area contributed by atoms with Crippen LogP contribution in [-0.2, 0) is 4.79 Å². The van der Waals surface area contributed by atoms with Crippen molar-refractivity contribution in [2.75, 3.05) is 27.2 Å². The first kappa shape index (κ1) is 10.5. The average Bonchev–Trinajstić information content (AvgIpc) is 2.31. The van der Waals surface area contributed by atoms with Gasteiger partial charge in [0.2, 0.25) is 0 Å². The van der Waals surface area contributed by atoms with Gasteiger partial charge in [-0.25, -0.2) is 0 Å². The van der Waals surface area contributed by atoms with E-state index in [0.29, 0.717) is 12.1 Å². The highest BCUT2D eigenvalue weighted by Crippen LogP contribution is 2.18. The van der Waals surface area contributed by atoms with Crippen LogP contribution in [0.2, 0.25) is 0 Å². The maximum atomic E-state index is 10.5. The van der Waals surface area contributed by atoms with Crippen molar-refractivity contribution in [1.29, 1.82) is 0 Å². The fourth-order valence-electron chi connectivity index (χ4n) is 1.82. The van der Waals surface area contributed by atoms with Crippen molar-refractivity contribution in [3.63, 3.8) is 0 Å². The lowest BCUT2D eigenvalue weighted by Crippen LogP contribution is -2.37. The van der Waals surface area contributed by atoms with Gasteiger partial charge in [-0.05, 0) is 27.4 Å². The van der Waals surface area contributed by atoms with Crippen LogP contribution in [-0.4, -0.2) is 60.1 Å². The van der Waals surface area contributed by atoms with Gasteiger partial charge in [0.25, 0.3) is 0 Å². The Kier molecular flexibility index (Phi) is 3.27. The summed E-state index contributed by atoms with van der Waals surface area (Å²) in [5, 5.41) is 8.62. The third-order valence-corrected chi connectivity index (χ3v) is 2.87.